The lowest BCUT2D eigenvalue weighted by Crippen LogP contribution is -2.40. The van der Waals surface area contributed by atoms with Crippen molar-refractivity contribution < 1.29 is 27.4 Å². The van der Waals surface area contributed by atoms with E-state index in [4.69, 9.17) is 25.8 Å². The van der Waals surface area contributed by atoms with Crippen molar-refractivity contribution in [2.45, 2.75) is 4.90 Å². The Labute approximate surface area is 174 Å². The van der Waals surface area contributed by atoms with Gasteiger partial charge in [0, 0.05) is 23.8 Å². The Morgan fingerprint density at radius 2 is 1.72 bits per heavy atom. The van der Waals surface area contributed by atoms with Crippen LogP contribution in [-0.4, -0.2) is 59.2 Å². The zero-order chi connectivity index (χ0) is 21.0. The van der Waals surface area contributed by atoms with Crippen LogP contribution in [0.3, 0.4) is 0 Å². The van der Waals surface area contributed by atoms with Crippen molar-refractivity contribution in [2.75, 3.05) is 45.8 Å². The number of hydrogen-bond donors (Lipinski definition) is 1. The molecule has 0 aliphatic carbocycles. The van der Waals surface area contributed by atoms with Gasteiger partial charge in [0.1, 0.15) is 16.4 Å². The van der Waals surface area contributed by atoms with Crippen molar-refractivity contribution in [3.05, 3.63) is 47.0 Å². The molecule has 0 atom stereocenters. The first-order valence-electron chi connectivity index (χ1n) is 8.77. The molecule has 0 unspecified atom stereocenters. The first-order chi connectivity index (χ1) is 13.9. The van der Waals surface area contributed by atoms with Crippen molar-refractivity contribution in [2.24, 2.45) is 0 Å². The van der Waals surface area contributed by atoms with E-state index >= 15 is 0 Å². The average Bonchev–Trinajstić information content (AvgIpc) is 2.74. The largest absolute Gasteiger partial charge is 0.496 e. The van der Waals surface area contributed by atoms with Crippen LogP contribution in [0.1, 0.15) is 10.4 Å². The van der Waals surface area contributed by atoms with Gasteiger partial charge in [-0.25, -0.2) is 8.42 Å². The number of hydrogen-bond acceptors (Lipinski definition) is 6. The van der Waals surface area contributed by atoms with Crippen molar-refractivity contribution >= 4 is 33.2 Å². The smallest absolute Gasteiger partial charge is 0.259 e. The molecule has 1 amide bonds. The summed E-state index contributed by atoms with van der Waals surface area (Å²) >= 11 is 5.98. The van der Waals surface area contributed by atoms with Gasteiger partial charge in [0.05, 0.1) is 33.0 Å². The SMILES string of the molecule is COc1ccc(Cl)cc1C(=O)Nc1ccc(OC)c(S(=O)(=O)N2CCOCC2)c1. The van der Waals surface area contributed by atoms with Gasteiger partial charge in [-0.2, -0.15) is 4.31 Å². The van der Waals surface area contributed by atoms with Crippen LogP contribution in [0, 0.1) is 0 Å². The second kappa shape index (κ2) is 9.00. The predicted molar refractivity (Wildman–Crippen MR) is 109 cm³/mol. The highest BCUT2D eigenvalue weighted by molar-refractivity contribution is 7.89. The van der Waals surface area contributed by atoms with E-state index in [0.29, 0.717) is 29.7 Å². The molecular formula is C19H21ClN2O6S. The highest BCUT2D eigenvalue weighted by Gasteiger charge is 2.29. The van der Waals surface area contributed by atoms with Crippen LogP contribution in [0.5, 0.6) is 11.5 Å². The van der Waals surface area contributed by atoms with Gasteiger partial charge >= 0.3 is 0 Å². The van der Waals surface area contributed by atoms with E-state index < -0.39 is 15.9 Å². The molecule has 1 N–H and O–H groups in total. The Bertz CT molecular complexity index is 1010. The summed E-state index contributed by atoms with van der Waals surface area (Å²) in [7, 11) is -0.980. The molecule has 1 aliphatic heterocycles. The predicted octanol–water partition coefficient (Wildman–Crippen LogP) is 2.63. The third-order valence-corrected chi connectivity index (χ3v) is 6.57. The first kappa shape index (κ1) is 21.4. The quantitative estimate of drug-likeness (QED) is 0.742. The Balaban J connectivity index is 1.93. The molecule has 0 spiro atoms. The molecule has 156 valence electrons. The zero-order valence-corrected chi connectivity index (χ0v) is 17.5. The fourth-order valence-electron chi connectivity index (χ4n) is 2.94. The number of anilines is 1. The number of carbonyl (C=O) groups is 1. The zero-order valence-electron chi connectivity index (χ0n) is 16.0. The molecule has 0 aromatic heterocycles. The van der Waals surface area contributed by atoms with Gasteiger partial charge in [-0.15, -0.1) is 0 Å². The molecule has 10 heteroatoms. The van der Waals surface area contributed by atoms with Gasteiger partial charge in [0.15, 0.2) is 0 Å². The summed E-state index contributed by atoms with van der Waals surface area (Å²) in [6, 6.07) is 9.10. The lowest BCUT2D eigenvalue weighted by Gasteiger charge is -2.26. The maximum atomic E-state index is 13.1. The van der Waals surface area contributed by atoms with E-state index in [-0.39, 0.29) is 29.3 Å². The molecule has 1 fully saturated rings. The van der Waals surface area contributed by atoms with Crippen molar-refractivity contribution in [3.63, 3.8) is 0 Å². The third-order valence-electron chi connectivity index (χ3n) is 4.42. The molecule has 2 aromatic carbocycles. The van der Waals surface area contributed by atoms with E-state index in [0.717, 1.165) is 0 Å². The maximum absolute atomic E-state index is 13.1. The monoisotopic (exact) mass is 440 g/mol. The molecule has 1 heterocycles. The number of nitrogens with one attached hydrogen (secondary N) is 1. The maximum Gasteiger partial charge on any atom is 0.259 e. The minimum Gasteiger partial charge on any atom is -0.496 e. The molecule has 1 aliphatic rings. The summed E-state index contributed by atoms with van der Waals surface area (Å²) in [6.07, 6.45) is 0. The highest BCUT2D eigenvalue weighted by Crippen LogP contribution is 2.31. The summed E-state index contributed by atoms with van der Waals surface area (Å²) in [5.41, 5.74) is 0.526. The average molecular weight is 441 g/mol. The molecule has 0 radical (unpaired) electrons. The Kier molecular flexibility index (Phi) is 6.63. The summed E-state index contributed by atoms with van der Waals surface area (Å²) in [5, 5.41) is 3.06. The number of ether oxygens (including phenoxy) is 3. The standard InChI is InChI=1S/C19H21ClN2O6S/c1-26-16-5-3-13(20)11-15(16)19(23)21-14-4-6-17(27-2)18(12-14)29(24,25)22-7-9-28-10-8-22/h3-6,11-12H,7-10H2,1-2H3,(H,21,23). The summed E-state index contributed by atoms with van der Waals surface area (Å²) in [4.78, 5) is 12.7. The van der Waals surface area contributed by atoms with E-state index in [2.05, 4.69) is 5.32 Å². The van der Waals surface area contributed by atoms with Gasteiger partial charge < -0.3 is 19.5 Å². The molecule has 2 aromatic rings. The van der Waals surface area contributed by atoms with E-state index in [1.54, 1.807) is 18.2 Å². The van der Waals surface area contributed by atoms with Crippen LogP contribution < -0.4 is 14.8 Å². The minimum atomic E-state index is -3.82. The van der Waals surface area contributed by atoms with Gasteiger partial charge in [0.25, 0.3) is 5.91 Å². The van der Waals surface area contributed by atoms with Gasteiger partial charge in [-0.05, 0) is 36.4 Å². The molecule has 29 heavy (non-hydrogen) atoms. The van der Waals surface area contributed by atoms with Crippen molar-refractivity contribution in [1.82, 2.24) is 4.31 Å². The van der Waals surface area contributed by atoms with E-state index in [1.807, 2.05) is 0 Å². The van der Waals surface area contributed by atoms with E-state index in [9.17, 15) is 13.2 Å². The lowest BCUT2D eigenvalue weighted by molar-refractivity contribution is 0.0729. The Hall–Kier alpha value is -2.33. The fourth-order valence-corrected chi connectivity index (χ4v) is 4.70. The van der Waals surface area contributed by atoms with Crippen LogP contribution in [0.25, 0.3) is 0 Å². The highest BCUT2D eigenvalue weighted by atomic mass is 35.5. The number of benzene rings is 2. The second-order valence-electron chi connectivity index (χ2n) is 6.18. The first-order valence-corrected chi connectivity index (χ1v) is 10.6. The van der Waals surface area contributed by atoms with Crippen LogP contribution in [-0.2, 0) is 14.8 Å². The number of morpholine rings is 1. The topological polar surface area (TPSA) is 94.2 Å². The van der Waals surface area contributed by atoms with Gasteiger partial charge in [0.2, 0.25) is 10.0 Å². The molecule has 0 saturated carbocycles. The molecule has 0 bridgehead atoms. The van der Waals surface area contributed by atoms with Crippen molar-refractivity contribution in [1.29, 1.82) is 0 Å². The molecule has 8 nitrogen and oxygen atoms in total. The number of halogens is 1. The number of carbonyl (C=O) groups excluding carboxylic acids is 1. The second-order valence-corrected chi connectivity index (χ2v) is 8.52. The lowest BCUT2D eigenvalue weighted by atomic mass is 10.2. The normalized spacial score (nSPS) is 15.0. The van der Waals surface area contributed by atoms with Crippen LogP contribution in [0.2, 0.25) is 5.02 Å². The Morgan fingerprint density at radius 3 is 2.38 bits per heavy atom. The van der Waals surface area contributed by atoms with Gasteiger partial charge in [-0.1, -0.05) is 11.6 Å². The minimum absolute atomic E-state index is 0.0299. The van der Waals surface area contributed by atoms with Crippen LogP contribution in [0.15, 0.2) is 41.3 Å². The molecule has 3 rings (SSSR count). The van der Waals surface area contributed by atoms with Crippen LogP contribution >= 0.6 is 11.6 Å². The fraction of sp³-hybridized carbons (Fsp3) is 0.316. The summed E-state index contributed by atoms with van der Waals surface area (Å²) in [6.45, 7) is 1.16. The number of rotatable bonds is 6. The van der Waals surface area contributed by atoms with E-state index in [1.165, 1.54) is 36.7 Å². The van der Waals surface area contributed by atoms with Gasteiger partial charge in [-0.3, -0.25) is 4.79 Å². The number of methoxy groups -OCH3 is 2. The number of nitrogens with zero attached hydrogens (tertiary/aromatic N) is 1. The summed E-state index contributed by atoms with van der Waals surface area (Å²) in [5.74, 6) is 0.0561. The molecular weight excluding hydrogens is 420 g/mol. The number of amides is 1. The Morgan fingerprint density at radius 1 is 1.07 bits per heavy atom. The van der Waals surface area contributed by atoms with Crippen molar-refractivity contribution in [3.8, 4) is 11.5 Å². The third kappa shape index (κ3) is 4.64. The summed E-state index contributed by atoms with van der Waals surface area (Å²) < 4.78 is 43.1. The molecule has 1 saturated heterocycles. The number of sulfonamides is 1. The van der Waals surface area contributed by atoms with Crippen LogP contribution in [0.4, 0.5) is 5.69 Å².